The Morgan fingerprint density at radius 1 is 1.21 bits per heavy atom. The lowest BCUT2D eigenvalue weighted by molar-refractivity contribution is -0.0500. The van der Waals surface area contributed by atoms with Crippen LogP contribution in [0, 0.1) is 0 Å². The maximum absolute atomic E-state index is 11.8. The van der Waals surface area contributed by atoms with Crippen molar-refractivity contribution in [3.05, 3.63) is 0 Å². The molecule has 0 N–H and O–H groups in total. The van der Waals surface area contributed by atoms with Gasteiger partial charge in [0.2, 0.25) is 0 Å². The Morgan fingerprint density at radius 2 is 1.71 bits per heavy atom. The van der Waals surface area contributed by atoms with Crippen molar-refractivity contribution in [1.82, 2.24) is 0 Å². The summed E-state index contributed by atoms with van der Waals surface area (Å²) in [6.45, 7) is 0. The maximum Gasteiger partial charge on any atom is 0.521 e. The first kappa shape index (κ1) is 11.8. The third-order valence-corrected chi connectivity index (χ3v) is 3.23. The zero-order valence-electron chi connectivity index (χ0n) is 7.38. The molecule has 1 aliphatic carbocycles. The summed E-state index contributed by atoms with van der Waals surface area (Å²) >= 11 is 0. The quantitative estimate of drug-likeness (QED) is 0.545. The summed E-state index contributed by atoms with van der Waals surface area (Å²) in [6.07, 6.45) is 3.35. The average molecular weight is 230 g/mol. The number of hydrogen-bond acceptors (Lipinski definition) is 3. The van der Waals surface area contributed by atoms with Crippen LogP contribution in [0.4, 0.5) is 13.2 Å². The summed E-state index contributed by atoms with van der Waals surface area (Å²) in [5, 5.41) is 0. The van der Waals surface area contributed by atoms with Gasteiger partial charge in [0.15, 0.2) is 0 Å². The molecule has 0 atom stereocenters. The Morgan fingerprint density at radius 3 is 2.14 bits per heavy atom. The fourth-order valence-corrected chi connectivity index (χ4v) is 1.93. The Hall–Kier alpha value is -0.235. The molecule has 1 fully saturated rings. The first-order valence-electron chi connectivity index (χ1n) is 4.28. The topological polar surface area (TPSA) is 43.4 Å². The van der Waals surface area contributed by atoms with Gasteiger partial charge in [-0.3, -0.25) is 0 Å². The SMILES string of the molecule is O=S(=O)(OBC1CCCC1)C(F)(F)F. The Bertz CT molecular complexity index is 281. The smallest absolute Gasteiger partial charge is 0.331 e. The molecular formula is C6H10BF3O3S. The van der Waals surface area contributed by atoms with E-state index >= 15 is 0 Å². The molecule has 0 radical (unpaired) electrons. The van der Waals surface area contributed by atoms with Crippen molar-refractivity contribution in [2.24, 2.45) is 0 Å². The lowest BCUT2D eigenvalue weighted by Gasteiger charge is -2.10. The van der Waals surface area contributed by atoms with Gasteiger partial charge in [0.25, 0.3) is 0 Å². The highest BCUT2D eigenvalue weighted by atomic mass is 32.2. The Kier molecular flexibility index (Phi) is 3.46. The van der Waals surface area contributed by atoms with E-state index in [1.165, 1.54) is 0 Å². The largest absolute Gasteiger partial charge is 0.521 e. The van der Waals surface area contributed by atoms with E-state index in [1.54, 1.807) is 0 Å². The molecule has 0 bridgehead atoms. The van der Waals surface area contributed by atoms with Gasteiger partial charge in [-0.05, 0) is 5.82 Å². The van der Waals surface area contributed by atoms with E-state index < -0.39 is 15.6 Å². The second kappa shape index (κ2) is 4.10. The van der Waals surface area contributed by atoms with Gasteiger partial charge in [-0.2, -0.15) is 21.6 Å². The van der Waals surface area contributed by atoms with E-state index in [9.17, 15) is 21.6 Å². The number of halogens is 3. The van der Waals surface area contributed by atoms with Gasteiger partial charge in [-0.1, -0.05) is 25.7 Å². The summed E-state index contributed by atoms with van der Waals surface area (Å²) in [6, 6.07) is 0. The van der Waals surface area contributed by atoms with Crippen molar-refractivity contribution in [2.75, 3.05) is 0 Å². The number of rotatable bonds is 3. The fraction of sp³-hybridized carbons (Fsp3) is 1.00. The molecule has 0 spiro atoms. The molecule has 1 rings (SSSR count). The van der Waals surface area contributed by atoms with Crippen LogP contribution < -0.4 is 0 Å². The fourth-order valence-electron chi connectivity index (χ4n) is 1.43. The highest BCUT2D eigenvalue weighted by molar-refractivity contribution is 7.88. The third-order valence-electron chi connectivity index (χ3n) is 2.22. The molecule has 1 saturated carbocycles. The molecule has 0 amide bonds. The highest BCUT2D eigenvalue weighted by Crippen LogP contribution is 2.31. The van der Waals surface area contributed by atoms with Crippen molar-refractivity contribution in [3.63, 3.8) is 0 Å². The van der Waals surface area contributed by atoms with Crippen LogP contribution in [0.5, 0.6) is 0 Å². The molecular weight excluding hydrogens is 220 g/mol. The predicted molar refractivity (Wildman–Crippen MR) is 45.4 cm³/mol. The van der Waals surface area contributed by atoms with Crippen molar-refractivity contribution in [2.45, 2.75) is 37.0 Å². The van der Waals surface area contributed by atoms with Crippen LogP contribution >= 0.6 is 0 Å². The van der Waals surface area contributed by atoms with Crippen LogP contribution in [0.25, 0.3) is 0 Å². The van der Waals surface area contributed by atoms with Crippen LogP contribution in [0.15, 0.2) is 0 Å². The Balaban J connectivity index is 2.44. The molecule has 0 aromatic heterocycles. The molecule has 0 aromatic rings. The monoisotopic (exact) mass is 230 g/mol. The van der Waals surface area contributed by atoms with Crippen LogP contribution in [-0.2, 0) is 14.2 Å². The van der Waals surface area contributed by atoms with Gasteiger partial charge in [0.05, 0.1) is 0 Å². The molecule has 0 aromatic carbocycles. The van der Waals surface area contributed by atoms with E-state index in [0.29, 0.717) is 0 Å². The van der Waals surface area contributed by atoms with E-state index in [0.717, 1.165) is 25.7 Å². The van der Waals surface area contributed by atoms with Crippen molar-refractivity contribution < 1.29 is 25.7 Å². The van der Waals surface area contributed by atoms with Gasteiger partial charge in [-0.15, -0.1) is 0 Å². The van der Waals surface area contributed by atoms with E-state index in [4.69, 9.17) is 0 Å². The summed E-state index contributed by atoms with van der Waals surface area (Å²) in [5.41, 5.74) is -5.30. The molecule has 0 unspecified atom stereocenters. The molecule has 82 valence electrons. The molecule has 0 saturated heterocycles. The highest BCUT2D eigenvalue weighted by Gasteiger charge is 2.47. The zero-order chi connectivity index (χ0) is 10.8. The Labute approximate surface area is 81.0 Å². The third kappa shape index (κ3) is 2.88. The molecule has 3 nitrogen and oxygen atoms in total. The van der Waals surface area contributed by atoms with Crippen LogP contribution in [-0.4, -0.2) is 21.4 Å². The molecule has 8 heteroatoms. The van der Waals surface area contributed by atoms with Gasteiger partial charge in [0.1, 0.15) is 0 Å². The van der Waals surface area contributed by atoms with Gasteiger partial charge in [-0.25, -0.2) is 0 Å². The van der Waals surface area contributed by atoms with E-state index in [-0.39, 0.29) is 13.3 Å². The zero-order valence-corrected chi connectivity index (χ0v) is 8.20. The summed E-state index contributed by atoms with van der Waals surface area (Å²) in [4.78, 5) is 0. The molecule has 0 aliphatic heterocycles. The van der Waals surface area contributed by atoms with Crippen molar-refractivity contribution >= 4 is 17.6 Å². The standard InChI is InChI=1S/C6H10BF3O3S/c8-6(9,10)14(11,12)13-7-5-3-1-2-4-5/h5,7H,1-4H2. The van der Waals surface area contributed by atoms with E-state index in [2.05, 4.69) is 4.10 Å². The van der Waals surface area contributed by atoms with Crippen molar-refractivity contribution in [3.8, 4) is 0 Å². The van der Waals surface area contributed by atoms with E-state index in [1.807, 2.05) is 0 Å². The predicted octanol–water partition coefficient (Wildman–Crippen LogP) is 1.57. The second-order valence-corrected chi connectivity index (χ2v) is 4.94. The molecule has 1 aliphatic rings. The van der Waals surface area contributed by atoms with Crippen LogP contribution in [0.2, 0.25) is 5.82 Å². The molecule has 0 heterocycles. The lowest BCUT2D eigenvalue weighted by Crippen LogP contribution is -2.27. The van der Waals surface area contributed by atoms with Crippen LogP contribution in [0.1, 0.15) is 25.7 Å². The minimum Gasteiger partial charge on any atom is -0.331 e. The second-order valence-electron chi connectivity index (χ2n) is 3.33. The first-order valence-corrected chi connectivity index (χ1v) is 5.69. The summed E-state index contributed by atoms with van der Waals surface area (Å²) < 4.78 is 60.2. The van der Waals surface area contributed by atoms with Crippen LogP contribution in [0.3, 0.4) is 0 Å². The maximum atomic E-state index is 11.8. The summed E-state index contributed by atoms with van der Waals surface area (Å²) in [5.74, 6) is -0.0490. The molecule has 14 heavy (non-hydrogen) atoms. The van der Waals surface area contributed by atoms with Gasteiger partial charge in [0, 0.05) is 0 Å². The first-order chi connectivity index (χ1) is 6.33. The normalized spacial score (nSPS) is 19.9. The summed E-state index contributed by atoms with van der Waals surface area (Å²) in [7, 11) is -5.73. The van der Waals surface area contributed by atoms with Gasteiger partial charge < -0.3 is 4.10 Å². The minimum absolute atomic E-state index is 0.0490. The van der Waals surface area contributed by atoms with Crippen molar-refractivity contribution in [1.29, 1.82) is 0 Å². The number of alkyl halides is 3. The van der Waals surface area contributed by atoms with Gasteiger partial charge >= 0.3 is 23.1 Å². The number of hydrogen-bond donors (Lipinski definition) is 0. The lowest BCUT2D eigenvalue weighted by atomic mass is 9.79. The average Bonchev–Trinajstić information content (AvgIpc) is 2.50. The minimum atomic E-state index is -5.39.